The van der Waals surface area contributed by atoms with Crippen molar-refractivity contribution in [3.8, 4) is 5.82 Å². The van der Waals surface area contributed by atoms with Gasteiger partial charge in [-0.3, -0.25) is 0 Å². The first kappa shape index (κ1) is 14.1. The summed E-state index contributed by atoms with van der Waals surface area (Å²) in [5.74, 6) is 1.12. The van der Waals surface area contributed by atoms with Crippen molar-refractivity contribution < 1.29 is 9.31 Å². The molecule has 2 aromatic heterocycles. The van der Waals surface area contributed by atoms with E-state index in [1.54, 1.807) is 16.9 Å². The largest absolute Gasteiger partial charge is 0.498 e. The lowest BCUT2D eigenvalue weighted by Crippen LogP contribution is -2.41. The van der Waals surface area contributed by atoms with Crippen LogP contribution in [0.4, 0.5) is 5.82 Å². The number of aromatic nitrogens is 3. The summed E-state index contributed by atoms with van der Waals surface area (Å²) < 4.78 is 13.7. The summed E-state index contributed by atoms with van der Waals surface area (Å²) >= 11 is 0. The van der Waals surface area contributed by atoms with Crippen LogP contribution in [0.1, 0.15) is 27.7 Å². The lowest BCUT2D eigenvalue weighted by Gasteiger charge is -2.32. The molecule has 2 aromatic rings. The van der Waals surface area contributed by atoms with E-state index >= 15 is 0 Å². The van der Waals surface area contributed by atoms with Crippen LogP contribution in [-0.2, 0) is 9.31 Å². The molecule has 3 heterocycles. The summed E-state index contributed by atoms with van der Waals surface area (Å²) in [5, 5.41) is 4.31. The maximum Gasteiger partial charge on any atom is 0.498 e. The van der Waals surface area contributed by atoms with Crippen LogP contribution in [0.2, 0.25) is 0 Å². The maximum atomic E-state index is 6.00. The van der Waals surface area contributed by atoms with E-state index in [-0.39, 0.29) is 11.2 Å². The van der Waals surface area contributed by atoms with Crippen LogP contribution >= 0.6 is 0 Å². The molecule has 0 radical (unpaired) electrons. The third-order valence-corrected chi connectivity index (χ3v) is 4.12. The molecule has 0 spiro atoms. The summed E-state index contributed by atoms with van der Waals surface area (Å²) in [6.07, 6.45) is 3.58. The van der Waals surface area contributed by atoms with Crippen molar-refractivity contribution in [2.45, 2.75) is 38.9 Å². The quantitative estimate of drug-likeness (QED) is 0.838. The van der Waals surface area contributed by atoms with Gasteiger partial charge in [0.15, 0.2) is 5.82 Å². The first-order valence-electron chi connectivity index (χ1n) is 6.92. The first-order valence-corrected chi connectivity index (χ1v) is 6.92. The third kappa shape index (κ3) is 2.43. The highest BCUT2D eigenvalue weighted by molar-refractivity contribution is 6.62. The number of rotatable bonds is 2. The minimum atomic E-state index is -0.426. The average Bonchev–Trinajstić information content (AvgIpc) is 2.93. The van der Waals surface area contributed by atoms with E-state index in [2.05, 4.69) is 10.1 Å². The van der Waals surface area contributed by atoms with E-state index < -0.39 is 7.12 Å². The van der Waals surface area contributed by atoms with Gasteiger partial charge >= 0.3 is 7.12 Å². The number of nitrogens with two attached hydrogens (primary N) is 1. The number of anilines is 1. The van der Waals surface area contributed by atoms with E-state index in [0.29, 0.717) is 11.6 Å². The lowest BCUT2D eigenvalue weighted by atomic mass is 9.82. The van der Waals surface area contributed by atoms with Gasteiger partial charge in [-0.05, 0) is 39.8 Å². The maximum absolute atomic E-state index is 6.00. The Balaban J connectivity index is 1.87. The van der Waals surface area contributed by atoms with Crippen molar-refractivity contribution in [3.05, 3.63) is 30.6 Å². The molecule has 1 fully saturated rings. The van der Waals surface area contributed by atoms with Gasteiger partial charge in [0.1, 0.15) is 5.82 Å². The van der Waals surface area contributed by atoms with Gasteiger partial charge in [-0.25, -0.2) is 9.67 Å². The summed E-state index contributed by atoms with van der Waals surface area (Å²) in [6.45, 7) is 8.10. The second kappa shape index (κ2) is 4.57. The zero-order valence-corrected chi connectivity index (χ0v) is 12.7. The van der Waals surface area contributed by atoms with E-state index in [1.807, 2.05) is 46.0 Å². The van der Waals surface area contributed by atoms with Gasteiger partial charge in [-0.1, -0.05) is 6.07 Å². The predicted octanol–water partition coefficient (Wildman–Crippen LogP) is 1.15. The number of nitrogen functional groups attached to an aromatic ring is 1. The fraction of sp³-hybridized carbons (Fsp3) is 0.429. The van der Waals surface area contributed by atoms with Gasteiger partial charge in [0.05, 0.1) is 11.2 Å². The van der Waals surface area contributed by atoms with Gasteiger partial charge in [-0.15, -0.1) is 0 Å². The Bertz CT molecular complexity index is 652. The molecule has 6 nitrogen and oxygen atoms in total. The van der Waals surface area contributed by atoms with Gasteiger partial charge in [0.2, 0.25) is 0 Å². The summed E-state index contributed by atoms with van der Waals surface area (Å²) in [4.78, 5) is 4.24. The van der Waals surface area contributed by atoms with E-state index in [9.17, 15) is 0 Å². The molecular weight excluding hydrogens is 267 g/mol. The first-order chi connectivity index (χ1) is 9.78. The van der Waals surface area contributed by atoms with Gasteiger partial charge in [0, 0.05) is 17.9 Å². The second-order valence-corrected chi connectivity index (χ2v) is 6.23. The van der Waals surface area contributed by atoms with Crippen molar-refractivity contribution in [1.82, 2.24) is 14.8 Å². The van der Waals surface area contributed by atoms with Crippen LogP contribution < -0.4 is 11.2 Å². The van der Waals surface area contributed by atoms with Crippen molar-refractivity contribution in [1.29, 1.82) is 0 Å². The minimum Gasteiger partial charge on any atom is -0.399 e. The van der Waals surface area contributed by atoms with Crippen LogP contribution in [0.3, 0.4) is 0 Å². The molecule has 0 bridgehead atoms. The highest BCUT2D eigenvalue weighted by atomic mass is 16.7. The standard InChI is InChI=1S/C14H19BN4O2/c1-13(2)14(3,4)21-15(20-13)10-8-17-19(9-10)12-7-5-6-11(16)18-12/h5-9H,1-4H3,(H2,16,18). The fourth-order valence-electron chi connectivity index (χ4n) is 2.13. The van der Waals surface area contributed by atoms with Crippen LogP contribution in [0, 0.1) is 0 Å². The number of hydrogen-bond donors (Lipinski definition) is 1. The monoisotopic (exact) mass is 286 g/mol. The summed E-state index contributed by atoms with van der Waals surface area (Å²) in [5.41, 5.74) is 5.82. The highest BCUT2D eigenvalue weighted by Crippen LogP contribution is 2.36. The molecule has 21 heavy (non-hydrogen) atoms. The molecule has 0 atom stereocenters. The predicted molar refractivity (Wildman–Crippen MR) is 81.5 cm³/mol. The fourth-order valence-corrected chi connectivity index (χ4v) is 2.13. The van der Waals surface area contributed by atoms with Crippen molar-refractivity contribution in [3.63, 3.8) is 0 Å². The molecule has 1 saturated heterocycles. The average molecular weight is 286 g/mol. The third-order valence-electron chi connectivity index (χ3n) is 4.12. The molecule has 0 saturated carbocycles. The molecule has 0 aliphatic carbocycles. The van der Waals surface area contributed by atoms with Gasteiger partial charge in [0.25, 0.3) is 0 Å². The summed E-state index contributed by atoms with van der Waals surface area (Å²) in [7, 11) is -0.426. The van der Waals surface area contributed by atoms with Gasteiger partial charge < -0.3 is 15.0 Å². The molecule has 3 rings (SSSR count). The van der Waals surface area contributed by atoms with E-state index in [0.717, 1.165) is 5.46 Å². The van der Waals surface area contributed by atoms with Crippen molar-refractivity contribution in [2.24, 2.45) is 0 Å². The Morgan fingerprint density at radius 2 is 1.81 bits per heavy atom. The molecule has 1 aliphatic heterocycles. The Labute approximate surface area is 124 Å². The van der Waals surface area contributed by atoms with E-state index in [1.165, 1.54) is 0 Å². The van der Waals surface area contributed by atoms with Crippen LogP contribution in [0.25, 0.3) is 5.82 Å². The zero-order chi connectivity index (χ0) is 15.3. The zero-order valence-electron chi connectivity index (χ0n) is 12.7. The smallest absolute Gasteiger partial charge is 0.399 e. The topological polar surface area (TPSA) is 75.2 Å². The highest BCUT2D eigenvalue weighted by Gasteiger charge is 2.52. The normalized spacial score (nSPS) is 19.9. The number of pyridine rings is 1. The molecule has 110 valence electrons. The molecular formula is C14H19BN4O2. The SMILES string of the molecule is CC1(C)OB(c2cnn(-c3cccc(N)n3)c2)OC1(C)C. The Hall–Kier alpha value is -1.86. The molecule has 1 aliphatic rings. The summed E-state index contributed by atoms with van der Waals surface area (Å²) in [6, 6.07) is 5.42. The van der Waals surface area contributed by atoms with Gasteiger partial charge in [-0.2, -0.15) is 5.10 Å². The van der Waals surface area contributed by atoms with Crippen LogP contribution in [0.15, 0.2) is 30.6 Å². The number of nitrogens with zero attached hydrogens (tertiary/aromatic N) is 3. The van der Waals surface area contributed by atoms with E-state index in [4.69, 9.17) is 15.0 Å². The Morgan fingerprint density at radius 3 is 2.43 bits per heavy atom. The molecule has 7 heteroatoms. The number of hydrogen-bond acceptors (Lipinski definition) is 5. The minimum absolute atomic E-state index is 0.366. The molecule has 0 aromatic carbocycles. The van der Waals surface area contributed by atoms with Crippen molar-refractivity contribution >= 4 is 18.4 Å². The lowest BCUT2D eigenvalue weighted by molar-refractivity contribution is 0.00578. The molecule has 0 amide bonds. The Morgan fingerprint density at radius 1 is 1.14 bits per heavy atom. The second-order valence-electron chi connectivity index (χ2n) is 6.23. The van der Waals surface area contributed by atoms with Crippen molar-refractivity contribution in [2.75, 3.05) is 5.73 Å². The van der Waals surface area contributed by atoms with Crippen LogP contribution in [0.5, 0.6) is 0 Å². The Kier molecular flexibility index (Phi) is 3.07. The molecule has 2 N–H and O–H groups in total. The van der Waals surface area contributed by atoms with Crippen LogP contribution in [-0.4, -0.2) is 33.1 Å². The molecule has 0 unspecified atom stereocenters.